The molecule has 0 amide bonds. The summed E-state index contributed by atoms with van der Waals surface area (Å²) in [4.78, 5) is 16.5. The number of carbonyl (C=O) groups is 1. The van der Waals surface area contributed by atoms with Crippen molar-refractivity contribution in [3.05, 3.63) is 84.9 Å². The highest BCUT2D eigenvalue weighted by molar-refractivity contribution is 7.97. The van der Waals surface area contributed by atoms with Gasteiger partial charge in [-0.3, -0.25) is 0 Å². The zero-order valence-electron chi connectivity index (χ0n) is 19.6. The molecule has 7 rings (SSSR count). The van der Waals surface area contributed by atoms with Crippen molar-refractivity contribution in [1.82, 2.24) is 0 Å². The van der Waals surface area contributed by atoms with Crippen molar-refractivity contribution < 1.29 is 14.3 Å². The molecule has 0 heterocycles. The Morgan fingerprint density at radius 1 is 0.706 bits per heavy atom. The van der Waals surface area contributed by atoms with Crippen LogP contribution in [0.4, 0.5) is 4.79 Å². The predicted octanol–water partition coefficient (Wildman–Crippen LogP) is 7.51. The molecule has 0 atom stereocenters. The maximum atomic E-state index is 12.8. The van der Waals surface area contributed by atoms with E-state index >= 15 is 0 Å². The molecular weight excluding hydrogens is 440 g/mol. The zero-order chi connectivity index (χ0) is 23.1. The Labute approximate surface area is 204 Å². The summed E-state index contributed by atoms with van der Waals surface area (Å²) in [5.41, 5.74) is -0.377. The molecule has 3 aromatic carbocycles. The maximum Gasteiger partial charge on any atom is 0.514 e. The average Bonchev–Trinajstić information content (AvgIpc) is 2.85. The van der Waals surface area contributed by atoms with Crippen LogP contribution in [0.3, 0.4) is 0 Å². The lowest BCUT2D eigenvalue weighted by Gasteiger charge is -2.58. The first-order valence-electron chi connectivity index (χ1n) is 12.4. The molecule has 4 saturated carbocycles. The van der Waals surface area contributed by atoms with Crippen LogP contribution in [0.1, 0.15) is 39.0 Å². The molecule has 3 aromatic rings. The Hall–Kier alpha value is -2.72. The van der Waals surface area contributed by atoms with Gasteiger partial charge in [0.15, 0.2) is 14.7 Å². The second-order valence-electron chi connectivity index (χ2n) is 10.3. The molecule has 0 saturated heterocycles. The molecule has 34 heavy (non-hydrogen) atoms. The highest BCUT2D eigenvalue weighted by Crippen LogP contribution is 2.59. The Morgan fingerprint density at radius 3 is 1.68 bits per heavy atom. The Kier molecular flexibility index (Phi) is 5.65. The SMILES string of the molecule is CC1(OC(=O)Oc2ccc([S+](c3ccccc3)c3ccccc3)cc2)C2CC3CC(C2)CC1C3. The van der Waals surface area contributed by atoms with Gasteiger partial charge in [-0.05, 0) is 111 Å². The van der Waals surface area contributed by atoms with E-state index in [1.54, 1.807) is 0 Å². The van der Waals surface area contributed by atoms with Crippen LogP contribution in [0.25, 0.3) is 0 Å². The normalized spacial score (nSPS) is 29.2. The number of rotatable bonds is 5. The third-order valence-corrected chi connectivity index (χ3v) is 10.5. The van der Waals surface area contributed by atoms with Crippen LogP contribution >= 0.6 is 0 Å². The molecule has 174 valence electrons. The van der Waals surface area contributed by atoms with Crippen LogP contribution in [0.2, 0.25) is 0 Å². The number of benzene rings is 3. The van der Waals surface area contributed by atoms with E-state index in [9.17, 15) is 4.79 Å². The molecule has 0 radical (unpaired) electrons. The van der Waals surface area contributed by atoms with Gasteiger partial charge in [-0.15, -0.1) is 0 Å². The van der Waals surface area contributed by atoms with Gasteiger partial charge in [0.05, 0.1) is 10.9 Å². The van der Waals surface area contributed by atoms with Crippen LogP contribution in [0.5, 0.6) is 5.75 Å². The van der Waals surface area contributed by atoms with E-state index in [4.69, 9.17) is 9.47 Å². The van der Waals surface area contributed by atoms with E-state index in [-0.39, 0.29) is 16.5 Å². The number of carbonyl (C=O) groups excluding carboxylic acids is 1. The molecule has 4 heteroatoms. The van der Waals surface area contributed by atoms with Gasteiger partial charge in [0.25, 0.3) is 0 Å². The maximum absolute atomic E-state index is 12.8. The van der Waals surface area contributed by atoms with E-state index < -0.39 is 6.16 Å². The Morgan fingerprint density at radius 2 is 1.18 bits per heavy atom. The molecule has 0 aliphatic heterocycles. The highest BCUT2D eigenvalue weighted by Gasteiger charge is 2.57. The van der Waals surface area contributed by atoms with Crippen molar-refractivity contribution in [2.75, 3.05) is 0 Å². The molecule has 0 unspecified atom stereocenters. The van der Waals surface area contributed by atoms with Crippen molar-refractivity contribution in [1.29, 1.82) is 0 Å². The van der Waals surface area contributed by atoms with Gasteiger partial charge in [-0.2, -0.15) is 0 Å². The summed E-state index contributed by atoms with van der Waals surface area (Å²) < 4.78 is 11.7. The minimum Gasteiger partial charge on any atom is -0.427 e. The Bertz CT molecular complexity index is 1080. The first-order chi connectivity index (χ1) is 16.6. The molecule has 3 nitrogen and oxygen atoms in total. The summed E-state index contributed by atoms with van der Waals surface area (Å²) in [7, 11) is -0.222. The van der Waals surface area contributed by atoms with Gasteiger partial charge in [-0.25, -0.2) is 4.79 Å². The summed E-state index contributed by atoms with van der Waals surface area (Å²) in [6.07, 6.45) is 5.62. The minimum absolute atomic E-state index is 0.222. The molecule has 0 aromatic heterocycles. The van der Waals surface area contributed by atoms with Gasteiger partial charge >= 0.3 is 6.16 Å². The topological polar surface area (TPSA) is 35.5 Å². The Balaban J connectivity index is 1.18. The number of hydrogen-bond acceptors (Lipinski definition) is 3. The van der Waals surface area contributed by atoms with Crippen molar-refractivity contribution in [2.45, 2.75) is 59.3 Å². The number of hydrogen-bond donors (Lipinski definition) is 0. The van der Waals surface area contributed by atoms with Crippen LogP contribution in [-0.2, 0) is 15.6 Å². The molecule has 4 bridgehead atoms. The second kappa shape index (κ2) is 8.81. The van der Waals surface area contributed by atoms with Crippen LogP contribution in [0.15, 0.2) is 99.6 Å². The fourth-order valence-electron chi connectivity index (χ4n) is 6.75. The fourth-order valence-corrected chi connectivity index (χ4v) is 8.83. The van der Waals surface area contributed by atoms with Gasteiger partial charge in [0.2, 0.25) is 0 Å². The standard InChI is InChI=1S/C30H31O3S/c1-30(23-17-21-16-22(19-23)20-24(30)18-21)33-29(31)32-25-12-14-28(15-13-25)34(26-8-4-2-5-9-26)27-10-6-3-7-11-27/h2-15,21-24H,16-20H2,1H3/q+1. The molecule has 4 aliphatic rings. The van der Waals surface area contributed by atoms with Crippen molar-refractivity contribution >= 4 is 17.1 Å². The lowest BCUT2D eigenvalue weighted by molar-refractivity contribution is -0.169. The van der Waals surface area contributed by atoms with Gasteiger partial charge in [0, 0.05) is 0 Å². The van der Waals surface area contributed by atoms with Crippen LogP contribution < -0.4 is 4.74 Å². The molecule has 0 spiro atoms. The molecular formula is C30H31O3S+. The third kappa shape index (κ3) is 4.02. The van der Waals surface area contributed by atoms with Gasteiger partial charge in [-0.1, -0.05) is 36.4 Å². The largest absolute Gasteiger partial charge is 0.514 e. The first kappa shape index (κ1) is 21.8. The summed E-state index contributed by atoms with van der Waals surface area (Å²) in [5.74, 6) is 3.18. The summed E-state index contributed by atoms with van der Waals surface area (Å²) in [6.45, 7) is 2.15. The average molecular weight is 472 g/mol. The van der Waals surface area contributed by atoms with E-state index in [0.29, 0.717) is 17.6 Å². The van der Waals surface area contributed by atoms with Gasteiger partial charge in [0.1, 0.15) is 11.4 Å². The minimum atomic E-state index is -0.562. The van der Waals surface area contributed by atoms with E-state index in [0.717, 1.165) is 11.8 Å². The van der Waals surface area contributed by atoms with Gasteiger partial charge < -0.3 is 9.47 Å². The van der Waals surface area contributed by atoms with E-state index in [1.165, 1.54) is 46.8 Å². The second-order valence-corrected chi connectivity index (χ2v) is 12.4. The number of ether oxygens (including phenoxy) is 2. The first-order valence-corrected chi connectivity index (χ1v) is 13.7. The quantitative estimate of drug-likeness (QED) is 0.219. The fraction of sp³-hybridized carbons (Fsp3) is 0.367. The molecule has 4 fully saturated rings. The van der Waals surface area contributed by atoms with Crippen molar-refractivity contribution in [3.63, 3.8) is 0 Å². The predicted molar refractivity (Wildman–Crippen MR) is 134 cm³/mol. The lowest BCUT2D eigenvalue weighted by Crippen LogP contribution is -2.58. The summed E-state index contributed by atoms with van der Waals surface area (Å²) >= 11 is 0. The van der Waals surface area contributed by atoms with Crippen molar-refractivity contribution in [2.24, 2.45) is 23.7 Å². The molecule has 4 aliphatic carbocycles. The van der Waals surface area contributed by atoms with E-state index in [2.05, 4.69) is 67.6 Å². The monoisotopic (exact) mass is 471 g/mol. The van der Waals surface area contributed by atoms with Crippen LogP contribution in [0, 0.1) is 23.7 Å². The smallest absolute Gasteiger partial charge is 0.427 e. The van der Waals surface area contributed by atoms with E-state index in [1.807, 2.05) is 24.3 Å². The molecule has 0 N–H and O–H groups in total. The third-order valence-electron chi connectivity index (χ3n) is 8.28. The summed E-state index contributed by atoms with van der Waals surface area (Å²) in [5, 5.41) is 0. The zero-order valence-corrected chi connectivity index (χ0v) is 20.4. The summed E-state index contributed by atoms with van der Waals surface area (Å²) in [6, 6.07) is 29.0. The van der Waals surface area contributed by atoms with Crippen molar-refractivity contribution in [3.8, 4) is 5.75 Å². The lowest BCUT2D eigenvalue weighted by atomic mass is 9.50. The van der Waals surface area contributed by atoms with Crippen LogP contribution in [-0.4, -0.2) is 11.8 Å². The highest BCUT2D eigenvalue weighted by atomic mass is 32.2.